The summed E-state index contributed by atoms with van der Waals surface area (Å²) >= 11 is 0. The Hall–Kier alpha value is -3.42. The quantitative estimate of drug-likeness (QED) is 0.0685. The molecule has 0 aromatic carbocycles. The first kappa shape index (κ1) is 28.6. The normalized spacial score (nSPS) is 13.4. The van der Waals surface area contributed by atoms with Gasteiger partial charge in [0.2, 0.25) is 23.6 Å². The number of aliphatic imine (C=N–C) groups is 1. The maximum atomic E-state index is 12.7. The number of carbonyl (C=O) groups excluding carboxylic acids is 4. The van der Waals surface area contributed by atoms with Gasteiger partial charge < -0.3 is 44.0 Å². The zero-order valence-electron chi connectivity index (χ0n) is 18.3. The van der Waals surface area contributed by atoms with E-state index < -0.39 is 60.7 Å². The number of nitrogens with two attached hydrogens (primary N) is 4. The molecule has 0 aromatic heterocycles. The third-order valence-corrected chi connectivity index (χ3v) is 4.09. The van der Waals surface area contributed by atoms with Gasteiger partial charge in [0.25, 0.3) is 0 Å². The van der Waals surface area contributed by atoms with Crippen molar-refractivity contribution >= 4 is 35.6 Å². The number of guanidine groups is 1. The molecule has 14 heteroatoms. The lowest BCUT2D eigenvalue weighted by molar-refractivity contribution is -0.138. The molecule has 14 nitrogen and oxygen atoms in total. The molecule has 0 radical (unpaired) electrons. The van der Waals surface area contributed by atoms with Gasteiger partial charge in [-0.2, -0.15) is 0 Å². The predicted octanol–water partition coefficient (Wildman–Crippen LogP) is -3.54. The second-order valence-corrected chi connectivity index (χ2v) is 7.59. The molecule has 0 aromatic rings. The molecular weight excluding hydrogens is 424 g/mol. The third kappa shape index (κ3) is 13.0. The molecule has 0 aliphatic heterocycles. The van der Waals surface area contributed by atoms with Crippen LogP contribution < -0.4 is 38.9 Å². The van der Waals surface area contributed by atoms with Crippen LogP contribution in [0.15, 0.2) is 4.99 Å². The average molecular weight is 459 g/mol. The van der Waals surface area contributed by atoms with Crippen LogP contribution in [-0.4, -0.2) is 71.9 Å². The molecule has 0 fully saturated rings. The number of amides is 4. The van der Waals surface area contributed by atoms with Crippen LogP contribution in [0.4, 0.5) is 0 Å². The fourth-order valence-corrected chi connectivity index (χ4v) is 2.63. The van der Waals surface area contributed by atoms with Gasteiger partial charge in [0.05, 0.1) is 12.5 Å². The Balaban J connectivity index is 5.33. The third-order valence-electron chi connectivity index (χ3n) is 4.09. The molecule has 32 heavy (non-hydrogen) atoms. The van der Waals surface area contributed by atoms with Gasteiger partial charge in [0.15, 0.2) is 5.96 Å². The van der Waals surface area contributed by atoms with E-state index in [2.05, 4.69) is 20.9 Å². The van der Waals surface area contributed by atoms with Crippen LogP contribution in [0, 0.1) is 5.92 Å². The van der Waals surface area contributed by atoms with Crippen LogP contribution in [0.1, 0.15) is 39.5 Å². The van der Waals surface area contributed by atoms with Gasteiger partial charge in [-0.25, -0.2) is 0 Å². The van der Waals surface area contributed by atoms with E-state index in [9.17, 15) is 24.0 Å². The number of nitrogens with zero attached hydrogens (tertiary/aromatic N) is 1. The summed E-state index contributed by atoms with van der Waals surface area (Å²) in [5.41, 5.74) is 21.5. The summed E-state index contributed by atoms with van der Waals surface area (Å²) in [7, 11) is 0. The lowest BCUT2D eigenvalue weighted by Crippen LogP contribution is -2.57. The van der Waals surface area contributed by atoms with Gasteiger partial charge in [-0.1, -0.05) is 13.8 Å². The van der Waals surface area contributed by atoms with E-state index in [0.717, 1.165) is 0 Å². The molecular formula is C18H34N8O6. The number of nitrogens with one attached hydrogen (secondary N) is 3. The largest absolute Gasteiger partial charge is 0.480 e. The predicted molar refractivity (Wildman–Crippen MR) is 116 cm³/mol. The minimum atomic E-state index is -1.37. The Morgan fingerprint density at radius 2 is 1.53 bits per heavy atom. The van der Waals surface area contributed by atoms with Crippen molar-refractivity contribution in [2.45, 2.75) is 57.7 Å². The minimum absolute atomic E-state index is 0.0536. The zero-order valence-corrected chi connectivity index (χ0v) is 18.3. The van der Waals surface area contributed by atoms with Gasteiger partial charge in [0.1, 0.15) is 18.6 Å². The summed E-state index contributed by atoms with van der Waals surface area (Å²) in [5, 5.41) is 15.7. The first-order valence-corrected chi connectivity index (χ1v) is 10.0. The zero-order chi connectivity index (χ0) is 24.8. The number of carbonyl (C=O) groups is 5. The number of primary amides is 1. The lowest BCUT2D eigenvalue weighted by atomic mass is 10.0. The van der Waals surface area contributed by atoms with Crippen molar-refractivity contribution in [3.8, 4) is 0 Å². The van der Waals surface area contributed by atoms with Crippen molar-refractivity contribution in [1.82, 2.24) is 16.0 Å². The first-order chi connectivity index (χ1) is 14.8. The number of hydrogen-bond acceptors (Lipinski definition) is 7. The second-order valence-electron chi connectivity index (χ2n) is 7.59. The summed E-state index contributed by atoms with van der Waals surface area (Å²) in [6, 6.07) is -3.45. The van der Waals surface area contributed by atoms with Crippen LogP contribution in [0.3, 0.4) is 0 Å². The monoisotopic (exact) mass is 458 g/mol. The topological polar surface area (TPSA) is 258 Å². The Kier molecular flexibility index (Phi) is 13.0. The molecule has 0 bridgehead atoms. The molecule has 0 aliphatic rings. The smallest absolute Gasteiger partial charge is 0.322 e. The van der Waals surface area contributed by atoms with Crippen LogP contribution in [0.2, 0.25) is 0 Å². The molecule has 182 valence electrons. The molecule has 0 rings (SSSR count). The van der Waals surface area contributed by atoms with Gasteiger partial charge >= 0.3 is 5.97 Å². The fraction of sp³-hybridized carbons (Fsp3) is 0.667. The van der Waals surface area contributed by atoms with E-state index in [1.807, 2.05) is 13.8 Å². The fourth-order valence-electron chi connectivity index (χ4n) is 2.63. The van der Waals surface area contributed by atoms with Gasteiger partial charge in [-0.05, 0) is 25.2 Å². The van der Waals surface area contributed by atoms with Crippen LogP contribution in [0.5, 0.6) is 0 Å². The molecule has 3 unspecified atom stereocenters. The first-order valence-electron chi connectivity index (χ1n) is 10.0. The van der Waals surface area contributed by atoms with Crippen molar-refractivity contribution in [2.24, 2.45) is 33.8 Å². The van der Waals surface area contributed by atoms with Gasteiger partial charge in [0, 0.05) is 6.54 Å². The molecule has 4 amide bonds. The summed E-state index contributed by atoms with van der Waals surface area (Å²) in [4.78, 5) is 63.2. The standard InChI is InChI=1S/C18H34N8O6/c1-9(2)6-10(19)15(30)26-12(7-13(20)27)17(32)25-11(4-3-5-23-18(21)22)16(31)24-8-14(28)29/h9-12H,3-8,19H2,1-2H3,(H2,20,27)(H,24,31)(H,25,32)(H,26,30)(H,28,29)(H4,21,22,23). The van der Waals surface area contributed by atoms with E-state index in [4.69, 9.17) is 28.0 Å². The Bertz CT molecular complexity index is 708. The highest BCUT2D eigenvalue weighted by atomic mass is 16.4. The minimum Gasteiger partial charge on any atom is -0.480 e. The molecule has 0 aliphatic carbocycles. The highest BCUT2D eigenvalue weighted by Crippen LogP contribution is 2.05. The van der Waals surface area contributed by atoms with E-state index in [1.54, 1.807) is 0 Å². The molecule has 0 saturated heterocycles. The van der Waals surface area contributed by atoms with E-state index >= 15 is 0 Å². The number of hydrogen-bond donors (Lipinski definition) is 8. The molecule has 0 spiro atoms. The lowest BCUT2D eigenvalue weighted by Gasteiger charge is -2.23. The van der Waals surface area contributed by atoms with E-state index in [0.29, 0.717) is 6.42 Å². The number of rotatable bonds is 15. The van der Waals surface area contributed by atoms with Crippen molar-refractivity contribution in [1.29, 1.82) is 0 Å². The summed E-state index contributed by atoms with van der Waals surface area (Å²) in [5.74, 6) is -4.45. The maximum absolute atomic E-state index is 12.7. The highest BCUT2D eigenvalue weighted by Gasteiger charge is 2.29. The van der Waals surface area contributed by atoms with Crippen molar-refractivity contribution in [2.75, 3.05) is 13.1 Å². The summed E-state index contributed by atoms with van der Waals surface area (Å²) < 4.78 is 0. The second kappa shape index (κ2) is 14.6. The molecule has 0 saturated carbocycles. The Morgan fingerprint density at radius 1 is 0.938 bits per heavy atom. The van der Waals surface area contributed by atoms with Crippen LogP contribution in [-0.2, 0) is 24.0 Å². The van der Waals surface area contributed by atoms with Crippen molar-refractivity contribution in [3.05, 3.63) is 0 Å². The summed E-state index contributed by atoms with van der Waals surface area (Å²) in [6.45, 7) is 3.23. The maximum Gasteiger partial charge on any atom is 0.322 e. The number of carboxylic acids is 1. The summed E-state index contributed by atoms with van der Waals surface area (Å²) in [6.07, 6.45) is 0.151. The Morgan fingerprint density at radius 3 is 2.03 bits per heavy atom. The van der Waals surface area contributed by atoms with E-state index in [1.165, 1.54) is 0 Å². The molecule has 3 atom stereocenters. The number of aliphatic carboxylic acids is 1. The molecule has 0 heterocycles. The van der Waals surface area contributed by atoms with Crippen molar-refractivity contribution < 1.29 is 29.1 Å². The van der Waals surface area contributed by atoms with Crippen LogP contribution in [0.25, 0.3) is 0 Å². The Labute approximate surface area is 185 Å². The van der Waals surface area contributed by atoms with Gasteiger partial charge in [-0.3, -0.25) is 29.0 Å². The van der Waals surface area contributed by atoms with E-state index in [-0.39, 0.29) is 31.3 Å². The SMILES string of the molecule is CC(C)CC(N)C(=O)NC(CC(N)=O)C(=O)NC(CCCN=C(N)N)C(=O)NCC(=O)O. The average Bonchev–Trinajstić information content (AvgIpc) is 2.66. The number of carboxylic acid groups (broad SMARTS) is 1. The van der Waals surface area contributed by atoms with Crippen LogP contribution >= 0.6 is 0 Å². The molecule has 12 N–H and O–H groups in total. The highest BCUT2D eigenvalue weighted by molar-refractivity contribution is 5.95. The van der Waals surface area contributed by atoms with Crippen molar-refractivity contribution in [3.63, 3.8) is 0 Å². The van der Waals surface area contributed by atoms with Gasteiger partial charge in [-0.15, -0.1) is 0 Å².